The Balaban J connectivity index is 1.79. The van der Waals surface area contributed by atoms with E-state index in [1.165, 1.54) is 11.1 Å². The SMILES string of the molecule is OCC1(c2ccccc2CN2CCNCC2)CC1. The fraction of sp³-hybridized carbons (Fsp3) is 0.600. The van der Waals surface area contributed by atoms with Crippen LogP contribution in [0.4, 0.5) is 0 Å². The standard InChI is InChI=1S/C15H22N2O/c18-12-15(5-6-15)14-4-2-1-3-13(14)11-17-9-7-16-8-10-17/h1-4,16,18H,5-12H2. The number of benzene rings is 1. The maximum Gasteiger partial charge on any atom is 0.0528 e. The normalized spacial score (nSPS) is 22.9. The Morgan fingerprint density at radius 3 is 2.56 bits per heavy atom. The zero-order chi connectivity index (χ0) is 12.4. The summed E-state index contributed by atoms with van der Waals surface area (Å²) in [7, 11) is 0. The number of hydrogen-bond acceptors (Lipinski definition) is 3. The lowest BCUT2D eigenvalue weighted by molar-refractivity contribution is 0.228. The summed E-state index contributed by atoms with van der Waals surface area (Å²) in [6, 6.07) is 8.66. The van der Waals surface area contributed by atoms with E-state index >= 15 is 0 Å². The van der Waals surface area contributed by atoms with Crippen LogP contribution in [-0.4, -0.2) is 42.8 Å². The molecule has 0 radical (unpaired) electrons. The molecule has 1 saturated carbocycles. The van der Waals surface area contributed by atoms with Crippen LogP contribution < -0.4 is 5.32 Å². The molecule has 98 valence electrons. The summed E-state index contributed by atoms with van der Waals surface area (Å²) in [5.41, 5.74) is 2.88. The Kier molecular flexibility index (Phi) is 3.37. The van der Waals surface area contributed by atoms with E-state index in [-0.39, 0.29) is 5.41 Å². The molecule has 3 rings (SSSR count). The van der Waals surface area contributed by atoms with Gasteiger partial charge in [-0.2, -0.15) is 0 Å². The molecule has 1 aliphatic carbocycles. The summed E-state index contributed by atoms with van der Waals surface area (Å²) < 4.78 is 0. The van der Waals surface area contributed by atoms with Gasteiger partial charge in [-0.1, -0.05) is 24.3 Å². The molecule has 2 fully saturated rings. The molecule has 0 unspecified atom stereocenters. The van der Waals surface area contributed by atoms with Crippen molar-refractivity contribution in [2.75, 3.05) is 32.8 Å². The number of rotatable bonds is 4. The van der Waals surface area contributed by atoms with Crippen LogP contribution in [0, 0.1) is 0 Å². The van der Waals surface area contributed by atoms with E-state index in [2.05, 4.69) is 34.5 Å². The molecular weight excluding hydrogens is 224 g/mol. The number of piperazine rings is 1. The summed E-state index contributed by atoms with van der Waals surface area (Å²) >= 11 is 0. The largest absolute Gasteiger partial charge is 0.395 e. The minimum atomic E-state index is 0.0879. The van der Waals surface area contributed by atoms with Gasteiger partial charge in [0.25, 0.3) is 0 Å². The highest BCUT2D eigenvalue weighted by Crippen LogP contribution is 2.48. The number of nitrogens with zero attached hydrogens (tertiary/aromatic N) is 1. The first-order chi connectivity index (χ1) is 8.84. The molecule has 3 heteroatoms. The van der Waals surface area contributed by atoms with Gasteiger partial charge in [-0.05, 0) is 24.0 Å². The average molecular weight is 246 g/mol. The summed E-state index contributed by atoms with van der Waals surface area (Å²) in [6.07, 6.45) is 2.28. The van der Waals surface area contributed by atoms with Crippen molar-refractivity contribution in [2.24, 2.45) is 0 Å². The van der Waals surface area contributed by atoms with E-state index in [1.54, 1.807) is 0 Å². The van der Waals surface area contributed by atoms with Gasteiger partial charge in [-0.25, -0.2) is 0 Å². The van der Waals surface area contributed by atoms with Gasteiger partial charge in [0.15, 0.2) is 0 Å². The van der Waals surface area contributed by atoms with Crippen LogP contribution in [-0.2, 0) is 12.0 Å². The highest BCUT2D eigenvalue weighted by molar-refractivity contribution is 5.38. The second-order valence-corrected chi connectivity index (χ2v) is 5.62. The Hall–Kier alpha value is -0.900. The third-order valence-corrected chi connectivity index (χ3v) is 4.35. The zero-order valence-corrected chi connectivity index (χ0v) is 10.9. The highest BCUT2D eigenvalue weighted by Gasteiger charge is 2.44. The molecule has 1 heterocycles. The predicted octanol–water partition coefficient (Wildman–Crippen LogP) is 1.12. The van der Waals surface area contributed by atoms with Crippen molar-refractivity contribution in [3.63, 3.8) is 0 Å². The van der Waals surface area contributed by atoms with Gasteiger partial charge in [-0.15, -0.1) is 0 Å². The van der Waals surface area contributed by atoms with Crippen molar-refractivity contribution in [2.45, 2.75) is 24.8 Å². The van der Waals surface area contributed by atoms with Crippen LogP contribution >= 0.6 is 0 Å². The number of aliphatic hydroxyl groups is 1. The fourth-order valence-corrected chi connectivity index (χ4v) is 2.95. The van der Waals surface area contributed by atoms with Crippen molar-refractivity contribution in [1.29, 1.82) is 0 Å². The van der Waals surface area contributed by atoms with E-state index < -0.39 is 0 Å². The Labute approximate surface area is 109 Å². The van der Waals surface area contributed by atoms with Crippen molar-refractivity contribution < 1.29 is 5.11 Å². The first-order valence-electron chi connectivity index (χ1n) is 6.96. The Morgan fingerprint density at radius 1 is 1.17 bits per heavy atom. The van der Waals surface area contributed by atoms with Crippen molar-refractivity contribution >= 4 is 0 Å². The maximum absolute atomic E-state index is 9.62. The van der Waals surface area contributed by atoms with Crippen LogP contribution in [0.25, 0.3) is 0 Å². The molecule has 0 bridgehead atoms. The Morgan fingerprint density at radius 2 is 1.89 bits per heavy atom. The minimum absolute atomic E-state index is 0.0879. The van der Waals surface area contributed by atoms with Crippen LogP contribution in [0.5, 0.6) is 0 Å². The third-order valence-electron chi connectivity index (χ3n) is 4.35. The number of aliphatic hydroxyl groups excluding tert-OH is 1. The number of hydrogen-bond donors (Lipinski definition) is 2. The summed E-state index contributed by atoms with van der Waals surface area (Å²) in [5, 5.41) is 13.0. The van der Waals surface area contributed by atoms with Crippen molar-refractivity contribution in [1.82, 2.24) is 10.2 Å². The third kappa shape index (κ3) is 2.30. The minimum Gasteiger partial charge on any atom is -0.395 e. The monoisotopic (exact) mass is 246 g/mol. The molecule has 2 aliphatic rings. The van der Waals surface area contributed by atoms with Gasteiger partial charge >= 0.3 is 0 Å². The fourth-order valence-electron chi connectivity index (χ4n) is 2.95. The molecule has 0 atom stereocenters. The quantitative estimate of drug-likeness (QED) is 0.835. The molecule has 1 saturated heterocycles. The molecule has 1 aromatic rings. The van der Waals surface area contributed by atoms with Gasteiger partial charge in [-0.3, -0.25) is 4.90 Å². The molecular formula is C15H22N2O. The average Bonchev–Trinajstić information content (AvgIpc) is 3.22. The molecule has 0 amide bonds. The first kappa shape index (κ1) is 12.2. The lowest BCUT2D eigenvalue weighted by Crippen LogP contribution is -2.43. The summed E-state index contributed by atoms with van der Waals surface area (Å²) in [5.74, 6) is 0. The summed E-state index contributed by atoms with van der Waals surface area (Å²) in [6.45, 7) is 5.76. The first-order valence-corrected chi connectivity index (χ1v) is 6.96. The molecule has 18 heavy (non-hydrogen) atoms. The molecule has 1 aliphatic heterocycles. The zero-order valence-electron chi connectivity index (χ0n) is 10.9. The van der Waals surface area contributed by atoms with Gasteiger partial charge in [0.05, 0.1) is 6.61 Å². The number of nitrogens with one attached hydrogen (secondary N) is 1. The lowest BCUT2D eigenvalue weighted by atomic mass is 9.91. The van der Waals surface area contributed by atoms with Crippen LogP contribution in [0.3, 0.4) is 0 Å². The highest BCUT2D eigenvalue weighted by atomic mass is 16.3. The molecule has 0 aromatic heterocycles. The maximum atomic E-state index is 9.62. The van der Waals surface area contributed by atoms with Crippen LogP contribution in [0.2, 0.25) is 0 Å². The molecule has 2 N–H and O–H groups in total. The summed E-state index contributed by atoms with van der Waals surface area (Å²) in [4.78, 5) is 2.50. The van der Waals surface area contributed by atoms with Gasteiger partial charge in [0.1, 0.15) is 0 Å². The van der Waals surface area contributed by atoms with Crippen molar-refractivity contribution in [3.05, 3.63) is 35.4 Å². The van der Waals surface area contributed by atoms with Crippen LogP contribution in [0.1, 0.15) is 24.0 Å². The van der Waals surface area contributed by atoms with Crippen molar-refractivity contribution in [3.8, 4) is 0 Å². The lowest BCUT2D eigenvalue weighted by Gasteiger charge is -2.29. The van der Waals surface area contributed by atoms with E-state index in [0.29, 0.717) is 6.61 Å². The Bertz CT molecular complexity index is 409. The van der Waals surface area contributed by atoms with E-state index in [4.69, 9.17) is 0 Å². The second kappa shape index (κ2) is 5.00. The van der Waals surface area contributed by atoms with Gasteiger partial charge < -0.3 is 10.4 Å². The second-order valence-electron chi connectivity index (χ2n) is 5.62. The molecule has 1 aromatic carbocycles. The topological polar surface area (TPSA) is 35.5 Å². The van der Waals surface area contributed by atoms with Gasteiger partial charge in [0, 0.05) is 38.1 Å². The van der Waals surface area contributed by atoms with Crippen LogP contribution in [0.15, 0.2) is 24.3 Å². The molecule has 0 spiro atoms. The predicted molar refractivity (Wildman–Crippen MR) is 72.6 cm³/mol. The van der Waals surface area contributed by atoms with E-state index in [1.807, 2.05) is 0 Å². The van der Waals surface area contributed by atoms with E-state index in [0.717, 1.165) is 45.6 Å². The smallest absolute Gasteiger partial charge is 0.0528 e. The van der Waals surface area contributed by atoms with E-state index in [9.17, 15) is 5.11 Å². The van der Waals surface area contributed by atoms with Gasteiger partial charge in [0.2, 0.25) is 0 Å². The molecule has 3 nitrogen and oxygen atoms in total.